The van der Waals surface area contributed by atoms with Gasteiger partial charge in [-0.05, 0) is 36.4 Å². The summed E-state index contributed by atoms with van der Waals surface area (Å²) < 4.78 is 14.3. The van der Waals surface area contributed by atoms with Crippen LogP contribution in [0.5, 0.6) is 0 Å². The van der Waals surface area contributed by atoms with Crippen LogP contribution in [-0.4, -0.2) is 20.6 Å². The molecule has 3 rings (SSSR count). The number of hydrogen-bond donors (Lipinski definition) is 2. The van der Waals surface area contributed by atoms with Gasteiger partial charge in [-0.3, -0.25) is 9.36 Å². The van der Waals surface area contributed by atoms with Crippen molar-refractivity contribution >= 4 is 17.0 Å². The van der Waals surface area contributed by atoms with E-state index < -0.39 is 11.8 Å². The maximum Gasteiger partial charge on any atom is 0.352 e. The van der Waals surface area contributed by atoms with E-state index in [0.29, 0.717) is 16.7 Å². The Kier molecular flexibility index (Phi) is 2.64. The van der Waals surface area contributed by atoms with E-state index in [4.69, 9.17) is 5.11 Å². The summed E-state index contributed by atoms with van der Waals surface area (Å²) in [4.78, 5) is 25.7. The Labute approximate surface area is 111 Å². The molecule has 0 aliphatic rings. The van der Waals surface area contributed by atoms with Crippen LogP contribution in [-0.2, 0) is 0 Å². The van der Waals surface area contributed by atoms with Gasteiger partial charge in [-0.25, -0.2) is 9.18 Å². The third kappa shape index (κ3) is 1.87. The van der Waals surface area contributed by atoms with Crippen LogP contribution in [0.4, 0.5) is 4.39 Å². The molecule has 2 aromatic heterocycles. The standard InChI is InChI=1S/C14H9FN2O3/c15-9-2-4-10(5-3-9)17-12(18)6-1-8-7-11(14(19)20)16-13(8)17/h1-7,16H,(H,19,20). The molecule has 0 unspecified atom stereocenters. The molecule has 0 radical (unpaired) electrons. The Morgan fingerprint density at radius 2 is 1.85 bits per heavy atom. The summed E-state index contributed by atoms with van der Waals surface area (Å²) in [6.45, 7) is 0. The van der Waals surface area contributed by atoms with Crippen LogP contribution in [0.1, 0.15) is 10.5 Å². The second-order valence-electron chi connectivity index (χ2n) is 4.28. The van der Waals surface area contributed by atoms with Crippen molar-refractivity contribution in [2.24, 2.45) is 0 Å². The molecule has 20 heavy (non-hydrogen) atoms. The fraction of sp³-hybridized carbons (Fsp3) is 0. The molecule has 100 valence electrons. The van der Waals surface area contributed by atoms with Crippen LogP contribution in [0.3, 0.4) is 0 Å². The van der Waals surface area contributed by atoms with Crippen molar-refractivity contribution < 1.29 is 14.3 Å². The quantitative estimate of drug-likeness (QED) is 0.750. The number of rotatable bonds is 2. The van der Waals surface area contributed by atoms with Crippen molar-refractivity contribution in [3.8, 4) is 5.69 Å². The zero-order chi connectivity index (χ0) is 14.3. The highest BCUT2D eigenvalue weighted by atomic mass is 19.1. The monoisotopic (exact) mass is 272 g/mol. The van der Waals surface area contributed by atoms with Crippen molar-refractivity contribution in [2.75, 3.05) is 0 Å². The summed E-state index contributed by atoms with van der Waals surface area (Å²) in [6, 6.07) is 9.71. The fourth-order valence-corrected chi connectivity index (χ4v) is 2.08. The van der Waals surface area contributed by atoms with E-state index in [1.165, 1.54) is 41.0 Å². The SMILES string of the molecule is O=C(O)c1cc2ccc(=O)n(-c3ccc(F)cc3)c2[nH]1. The van der Waals surface area contributed by atoms with Crippen molar-refractivity contribution in [1.82, 2.24) is 9.55 Å². The summed E-state index contributed by atoms with van der Waals surface area (Å²) >= 11 is 0. The summed E-state index contributed by atoms with van der Waals surface area (Å²) in [5, 5.41) is 9.57. The average molecular weight is 272 g/mol. The minimum Gasteiger partial charge on any atom is -0.477 e. The highest BCUT2D eigenvalue weighted by Gasteiger charge is 2.12. The smallest absolute Gasteiger partial charge is 0.352 e. The zero-order valence-electron chi connectivity index (χ0n) is 10.1. The molecular weight excluding hydrogens is 263 g/mol. The van der Waals surface area contributed by atoms with Crippen molar-refractivity contribution in [2.45, 2.75) is 0 Å². The molecule has 5 nitrogen and oxygen atoms in total. The van der Waals surface area contributed by atoms with Crippen molar-refractivity contribution in [3.63, 3.8) is 0 Å². The van der Waals surface area contributed by atoms with Crippen LogP contribution in [0.25, 0.3) is 16.7 Å². The number of H-pyrrole nitrogens is 1. The summed E-state index contributed by atoms with van der Waals surface area (Å²) in [5.74, 6) is -1.52. The number of nitrogens with zero attached hydrogens (tertiary/aromatic N) is 1. The van der Waals surface area contributed by atoms with Gasteiger partial charge in [-0.15, -0.1) is 0 Å². The topological polar surface area (TPSA) is 75.1 Å². The third-order valence-electron chi connectivity index (χ3n) is 2.99. The molecular formula is C14H9FN2O3. The highest BCUT2D eigenvalue weighted by Crippen LogP contribution is 2.17. The van der Waals surface area contributed by atoms with E-state index in [1.54, 1.807) is 6.07 Å². The number of halogens is 1. The summed E-state index contributed by atoms with van der Waals surface area (Å²) in [5.41, 5.74) is 0.478. The molecule has 0 bridgehead atoms. The van der Waals surface area contributed by atoms with Gasteiger partial charge in [0.05, 0.1) is 5.69 Å². The Hall–Kier alpha value is -2.89. The number of fused-ring (bicyclic) bond motifs is 1. The minimum absolute atomic E-state index is 0.0125. The second-order valence-corrected chi connectivity index (χ2v) is 4.28. The molecule has 1 aromatic carbocycles. The molecule has 0 aliphatic heterocycles. The third-order valence-corrected chi connectivity index (χ3v) is 2.99. The number of carbonyl (C=O) groups is 1. The number of aromatic amines is 1. The van der Waals surface area contributed by atoms with Gasteiger partial charge in [-0.1, -0.05) is 0 Å². The Balaban J connectivity index is 2.33. The lowest BCUT2D eigenvalue weighted by Gasteiger charge is -2.07. The van der Waals surface area contributed by atoms with Crippen LogP contribution < -0.4 is 5.56 Å². The molecule has 0 fully saturated rings. The first-order valence-corrected chi connectivity index (χ1v) is 5.80. The first-order valence-electron chi connectivity index (χ1n) is 5.80. The number of nitrogens with one attached hydrogen (secondary N) is 1. The van der Waals surface area contributed by atoms with Gasteiger partial charge in [0, 0.05) is 11.5 Å². The van der Waals surface area contributed by atoms with Crippen molar-refractivity contribution in [1.29, 1.82) is 0 Å². The van der Waals surface area contributed by atoms with E-state index in [0.717, 1.165) is 0 Å². The largest absolute Gasteiger partial charge is 0.477 e. The predicted octanol–water partition coefficient (Wildman–Crippen LogP) is 2.16. The summed E-state index contributed by atoms with van der Waals surface area (Å²) in [6.07, 6.45) is 0. The first kappa shape index (κ1) is 12.2. The van der Waals surface area contributed by atoms with Gasteiger partial charge >= 0.3 is 5.97 Å². The summed E-state index contributed by atoms with van der Waals surface area (Å²) in [7, 11) is 0. The van der Waals surface area contributed by atoms with E-state index in [1.807, 2.05) is 0 Å². The average Bonchev–Trinajstić information content (AvgIpc) is 2.84. The fourth-order valence-electron chi connectivity index (χ4n) is 2.08. The molecule has 2 N–H and O–H groups in total. The van der Waals surface area contributed by atoms with Gasteiger partial charge in [0.1, 0.15) is 17.2 Å². The molecule has 0 saturated carbocycles. The van der Waals surface area contributed by atoms with E-state index in [2.05, 4.69) is 4.98 Å². The molecule has 0 atom stereocenters. The maximum absolute atomic E-state index is 13.0. The number of benzene rings is 1. The predicted molar refractivity (Wildman–Crippen MR) is 70.8 cm³/mol. The Morgan fingerprint density at radius 3 is 2.50 bits per heavy atom. The van der Waals surface area contributed by atoms with Gasteiger partial charge < -0.3 is 10.1 Å². The number of pyridine rings is 1. The molecule has 3 aromatic rings. The van der Waals surface area contributed by atoms with Crippen LogP contribution >= 0.6 is 0 Å². The minimum atomic E-state index is -1.11. The highest BCUT2D eigenvalue weighted by molar-refractivity contribution is 5.93. The van der Waals surface area contributed by atoms with E-state index in [-0.39, 0.29) is 11.3 Å². The molecule has 0 amide bonds. The van der Waals surface area contributed by atoms with Gasteiger partial charge in [-0.2, -0.15) is 0 Å². The number of carboxylic acid groups (broad SMARTS) is 1. The van der Waals surface area contributed by atoms with Crippen molar-refractivity contribution in [3.05, 3.63) is 64.3 Å². The molecule has 0 spiro atoms. The maximum atomic E-state index is 13.0. The number of hydrogen-bond acceptors (Lipinski definition) is 2. The van der Waals surface area contributed by atoms with Gasteiger partial charge in [0.25, 0.3) is 5.56 Å². The number of carboxylic acids is 1. The second kappa shape index (κ2) is 4.34. The molecule has 0 aliphatic carbocycles. The lowest BCUT2D eigenvalue weighted by atomic mass is 10.2. The van der Waals surface area contributed by atoms with Gasteiger partial charge in [0.2, 0.25) is 0 Å². The van der Waals surface area contributed by atoms with Crippen LogP contribution in [0.15, 0.2) is 47.3 Å². The number of aromatic carboxylic acids is 1. The van der Waals surface area contributed by atoms with Gasteiger partial charge in [0.15, 0.2) is 0 Å². The Morgan fingerprint density at radius 1 is 1.15 bits per heavy atom. The van der Waals surface area contributed by atoms with Crippen LogP contribution in [0.2, 0.25) is 0 Å². The van der Waals surface area contributed by atoms with E-state index in [9.17, 15) is 14.0 Å². The first-order chi connectivity index (χ1) is 9.56. The Bertz CT molecular complexity index is 862. The molecule has 0 saturated heterocycles. The lowest BCUT2D eigenvalue weighted by molar-refractivity contribution is 0.0691. The molecule has 6 heteroatoms. The molecule has 2 heterocycles. The van der Waals surface area contributed by atoms with E-state index >= 15 is 0 Å². The lowest BCUT2D eigenvalue weighted by Crippen LogP contribution is -2.17. The normalized spacial score (nSPS) is 10.8. The van der Waals surface area contributed by atoms with Crippen LogP contribution in [0, 0.1) is 5.82 Å². The number of aromatic nitrogens is 2. The zero-order valence-corrected chi connectivity index (χ0v) is 10.1.